The zero-order valence-corrected chi connectivity index (χ0v) is 12.9. The number of aliphatic hydroxyl groups is 1. The lowest BCUT2D eigenvalue weighted by Gasteiger charge is -2.33. The molecular weight excluding hydrogens is 236 g/mol. The van der Waals surface area contributed by atoms with Crippen LogP contribution in [0.2, 0.25) is 0 Å². The standard InChI is InChI=1S/C16H28N2O/c1-6-15(7-2)18(11-12(3)4)16-9-8-14(10-17-16)13(5)19/h8-10,12-13,15,19H,6-7,11H2,1-5H3/t13-/m0/s1. The zero-order valence-electron chi connectivity index (χ0n) is 12.9. The Labute approximate surface area is 117 Å². The second kappa shape index (κ2) is 7.49. The van der Waals surface area contributed by atoms with E-state index in [0.717, 1.165) is 30.8 Å². The van der Waals surface area contributed by atoms with E-state index in [4.69, 9.17) is 0 Å². The van der Waals surface area contributed by atoms with Crippen LogP contribution in [-0.2, 0) is 0 Å². The number of rotatable bonds is 7. The van der Waals surface area contributed by atoms with E-state index in [1.54, 1.807) is 13.1 Å². The average molecular weight is 264 g/mol. The van der Waals surface area contributed by atoms with Gasteiger partial charge in [-0.1, -0.05) is 33.8 Å². The molecule has 1 aromatic heterocycles. The molecule has 0 bridgehead atoms. The van der Waals surface area contributed by atoms with Crippen molar-refractivity contribution in [3.63, 3.8) is 0 Å². The summed E-state index contributed by atoms with van der Waals surface area (Å²) in [5, 5.41) is 9.55. The van der Waals surface area contributed by atoms with E-state index in [-0.39, 0.29) is 0 Å². The highest BCUT2D eigenvalue weighted by Crippen LogP contribution is 2.21. The fourth-order valence-electron chi connectivity index (χ4n) is 2.37. The van der Waals surface area contributed by atoms with Crippen LogP contribution >= 0.6 is 0 Å². The molecular formula is C16H28N2O. The second-order valence-corrected chi connectivity index (χ2v) is 5.64. The predicted octanol–water partition coefficient (Wildman–Crippen LogP) is 3.79. The van der Waals surface area contributed by atoms with Crippen LogP contribution in [0.3, 0.4) is 0 Å². The molecule has 19 heavy (non-hydrogen) atoms. The van der Waals surface area contributed by atoms with Crippen molar-refractivity contribution < 1.29 is 5.11 Å². The normalized spacial score (nSPS) is 13.1. The average Bonchev–Trinajstić information content (AvgIpc) is 2.38. The summed E-state index contributed by atoms with van der Waals surface area (Å²) in [7, 11) is 0. The van der Waals surface area contributed by atoms with Gasteiger partial charge >= 0.3 is 0 Å². The van der Waals surface area contributed by atoms with Crippen LogP contribution in [-0.4, -0.2) is 22.7 Å². The quantitative estimate of drug-likeness (QED) is 0.814. The number of anilines is 1. The Bertz CT molecular complexity index is 356. The van der Waals surface area contributed by atoms with Crippen LogP contribution in [0.1, 0.15) is 59.1 Å². The Kier molecular flexibility index (Phi) is 6.29. The molecule has 1 heterocycles. The molecule has 0 spiro atoms. The van der Waals surface area contributed by atoms with Crippen molar-refractivity contribution in [1.29, 1.82) is 0 Å². The molecule has 1 atom stereocenters. The van der Waals surface area contributed by atoms with E-state index in [1.165, 1.54) is 0 Å². The Morgan fingerprint density at radius 2 is 1.79 bits per heavy atom. The Morgan fingerprint density at radius 1 is 1.16 bits per heavy atom. The minimum atomic E-state index is -0.451. The summed E-state index contributed by atoms with van der Waals surface area (Å²) in [6.45, 7) is 11.7. The summed E-state index contributed by atoms with van der Waals surface area (Å²) in [6.07, 6.45) is 3.59. The number of hydrogen-bond acceptors (Lipinski definition) is 3. The third-order valence-electron chi connectivity index (χ3n) is 3.49. The van der Waals surface area contributed by atoms with Crippen molar-refractivity contribution >= 4 is 5.82 Å². The third kappa shape index (κ3) is 4.50. The molecule has 0 aliphatic rings. The van der Waals surface area contributed by atoms with Gasteiger partial charge in [0.15, 0.2) is 0 Å². The van der Waals surface area contributed by atoms with Crippen molar-refractivity contribution in [2.24, 2.45) is 5.92 Å². The van der Waals surface area contributed by atoms with E-state index >= 15 is 0 Å². The first-order valence-electron chi connectivity index (χ1n) is 7.40. The van der Waals surface area contributed by atoms with E-state index in [2.05, 4.69) is 37.6 Å². The lowest BCUT2D eigenvalue weighted by molar-refractivity contribution is 0.199. The van der Waals surface area contributed by atoms with E-state index in [0.29, 0.717) is 12.0 Å². The topological polar surface area (TPSA) is 36.4 Å². The lowest BCUT2D eigenvalue weighted by atomic mass is 10.1. The van der Waals surface area contributed by atoms with Crippen LogP contribution in [0.5, 0.6) is 0 Å². The van der Waals surface area contributed by atoms with Crippen LogP contribution in [0.25, 0.3) is 0 Å². The first-order chi connectivity index (χ1) is 8.99. The van der Waals surface area contributed by atoms with Crippen molar-refractivity contribution in [1.82, 2.24) is 4.98 Å². The molecule has 3 heteroatoms. The summed E-state index contributed by atoms with van der Waals surface area (Å²) in [5.74, 6) is 1.63. The lowest BCUT2D eigenvalue weighted by Crippen LogP contribution is -2.38. The minimum absolute atomic E-state index is 0.451. The van der Waals surface area contributed by atoms with E-state index < -0.39 is 6.10 Å². The van der Waals surface area contributed by atoms with Gasteiger partial charge in [-0.05, 0) is 37.3 Å². The molecule has 0 amide bonds. The maximum absolute atomic E-state index is 9.55. The van der Waals surface area contributed by atoms with Gasteiger partial charge in [0.05, 0.1) is 6.10 Å². The molecule has 0 unspecified atom stereocenters. The molecule has 3 nitrogen and oxygen atoms in total. The molecule has 0 saturated heterocycles. The van der Waals surface area contributed by atoms with E-state index in [9.17, 15) is 5.11 Å². The number of aliphatic hydroxyl groups excluding tert-OH is 1. The summed E-state index contributed by atoms with van der Waals surface area (Å²) in [5.41, 5.74) is 0.873. The summed E-state index contributed by atoms with van der Waals surface area (Å²) >= 11 is 0. The zero-order chi connectivity index (χ0) is 14.4. The second-order valence-electron chi connectivity index (χ2n) is 5.64. The summed E-state index contributed by atoms with van der Waals surface area (Å²) in [6, 6.07) is 4.54. The highest BCUT2D eigenvalue weighted by molar-refractivity contribution is 5.41. The largest absolute Gasteiger partial charge is 0.389 e. The molecule has 0 aliphatic heterocycles. The Hall–Kier alpha value is -1.09. The fraction of sp³-hybridized carbons (Fsp3) is 0.688. The van der Waals surface area contributed by atoms with Gasteiger partial charge in [0.1, 0.15) is 5.82 Å². The van der Waals surface area contributed by atoms with Gasteiger partial charge in [0, 0.05) is 18.8 Å². The number of nitrogens with zero attached hydrogens (tertiary/aromatic N) is 2. The van der Waals surface area contributed by atoms with Crippen molar-refractivity contribution in [2.45, 2.75) is 59.6 Å². The van der Waals surface area contributed by atoms with Gasteiger partial charge < -0.3 is 10.0 Å². The smallest absolute Gasteiger partial charge is 0.128 e. The number of hydrogen-bond donors (Lipinski definition) is 1. The van der Waals surface area contributed by atoms with Crippen molar-refractivity contribution in [3.05, 3.63) is 23.9 Å². The third-order valence-corrected chi connectivity index (χ3v) is 3.49. The van der Waals surface area contributed by atoms with Crippen LogP contribution < -0.4 is 4.90 Å². The first kappa shape index (κ1) is 16.0. The van der Waals surface area contributed by atoms with Gasteiger partial charge in [0.2, 0.25) is 0 Å². The molecule has 1 rings (SSSR count). The molecule has 1 aromatic rings. The molecule has 1 N–H and O–H groups in total. The SMILES string of the molecule is CCC(CC)N(CC(C)C)c1ccc([C@H](C)O)cn1. The fourth-order valence-corrected chi connectivity index (χ4v) is 2.37. The molecule has 0 fully saturated rings. The minimum Gasteiger partial charge on any atom is -0.389 e. The van der Waals surface area contributed by atoms with Crippen molar-refractivity contribution in [2.75, 3.05) is 11.4 Å². The van der Waals surface area contributed by atoms with Crippen LogP contribution in [0, 0.1) is 5.92 Å². The highest BCUT2D eigenvalue weighted by Gasteiger charge is 2.18. The van der Waals surface area contributed by atoms with Gasteiger partial charge in [-0.25, -0.2) is 4.98 Å². The molecule has 108 valence electrons. The molecule has 0 aromatic carbocycles. The summed E-state index contributed by atoms with van der Waals surface area (Å²) in [4.78, 5) is 6.94. The van der Waals surface area contributed by atoms with E-state index in [1.807, 2.05) is 12.1 Å². The van der Waals surface area contributed by atoms with Gasteiger partial charge in [-0.2, -0.15) is 0 Å². The van der Waals surface area contributed by atoms with Gasteiger partial charge in [-0.3, -0.25) is 0 Å². The molecule has 0 radical (unpaired) electrons. The maximum Gasteiger partial charge on any atom is 0.128 e. The number of pyridine rings is 1. The van der Waals surface area contributed by atoms with Crippen LogP contribution in [0.4, 0.5) is 5.82 Å². The monoisotopic (exact) mass is 264 g/mol. The van der Waals surface area contributed by atoms with Gasteiger partial charge in [-0.15, -0.1) is 0 Å². The first-order valence-corrected chi connectivity index (χ1v) is 7.40. The Balaban J connectivity index is 2.96. The predicted molar refractivity (Wildman–Crippen MR) is 81.4 cm³/mol. The Morgan fingerprint density at radius 3 is 2.16 bits per heavy atom. The molecule has 0 aliphatic carbocycles. The number of aromatic nitrogens is 1. The molecule has 0 saturated carbocycles. The highest BCUT2D eigenvalue weighted by atomic mass is 16.3. The van der Waals surface area contributed by atoms with Crippen LogP contribution in [0.15, 0.2) is 18.3 Å². The maximum atomic E-state index is 9.55. The van der Waals surface area contributed by atoms with Crippen molar-refractivity contribution in [3.8, 4) is 0 Å². The van der Waals surface area contributed by atoms with Gasteiger partial charge in [0.25, 0.3) is 0 Å². The summed E-state index contributed by atoms with van der Waals surface area (Å²) < 4.78 is 0.